The van der Waals surface area contributed by atoms with Crippen LogP contribution in [0.25, 0.3) is 0 Å². The van der Waals surface area contributed by atoms with Crippen LogP contribution in [0, 0.1) is 0 Å². The van der Waals surface area contributed by atoms with Crippen LogP contribution in [0.4, 0.5) is 18.9 Å². The van der Waals surface area contributed by atoms with Crippen molar-refractivity contribution < 1.29 is 17.9 Å². The highest BCUT2D eigenvalue weighted by molar-refractivity contribution is 5.60. The molecule has 0 bridgehead atoms. The summed E-state index contributed by atoms with van der Waals surface area (Å²) in [4.78, 5) is 0. The molecule has 0 fully saturated rings. The third kappa shape index (κ3) is 2.08. The van der Waals surface area contributed by atoms with Crippen LogP contribution < -0.4 is 10.1 Å². The van der Waals surface area contributed by atoms with E-state index in [0.717, 1.165) is 18.6 Å². The summed E-state index contributed by atoms with van der Waals surface area (Å²) in [5.74, 6) is 0.484. The van der Waals surface area contributed by atoms with Gasteiger partial charge in [0.25, 0.3) is 0 Å². The SMILES string of the molecule is CCC1COc2ccc(C(F)(F)F)cc2N1. The van der Waals surface area contributed by atoms with Crippen molar-refractivity contribution in [2.24, 2.45) is 0 Å². The topological polar surface area (TPSA) is 21.3 Å². The van der Waals surface area contributed by atoms with Gasteiger partial charge in [-0.2, -0.15) is 13.2 Å². The molecule has 1 aliphatic rings. The lowest BCUT2D eigenvalue weighted by Gasteiger charge is -2.27. The maximum Gasteiger partial charge on any atom is 0.416 e. The van der Waals surface area contributed by atoms with E-state index in [9.17, 15) is 13.2 Å². The highest BCUT2D eigenvalue weighted by Crippen LogP contribution is 2.36. The van der Waals surface area contributed by atoms with E-state index in [0.29, 0.717) is 18.0 Å². The van der Waals surface area contributed by atoms with Crippen molar-refractivity contribution in [2.45, 2.75) is 25.6 Å². The van der Waals surface area contributed by atoms with Gasteiger partial charge in [-0.3, -0.25) is 0 Å². The molecule has 1 N–H and O–H groups in total. The van der Waals surface area contributed by atoms with Crippen LogP contribution in [-0.2, 0) is 6.18 Å². The Morgan fingerprint density at radius 1 is 1.44 bits per heavy atom. The summed E-state index contributed by atoms with van der Waals surface area (Å²) < 4.78 is 42.8. The van der Waals surface area contributed by atoms with Crippen LogP contribution >= 0.6 is 0 Å². The minimum atomic E-state index is -4.31. The molecule has 2 rings (SSSR count). The first kappa shape index (κ1) is 11.1. The summed E-state index contributed by atoms with van der Waals surface area (Å²) in [6, 6.07) is 3.57. The van der Waals surface area contributed by atoms with Crippen LogP contribution in [0.5, 0.6) is 5.75 Å². The van der Waals surface area contributed by atoms with E-state index in [-0.39, 0.29) is 6.04 Å². The largest absolute Gasteiger partial charge is 0.489 e. The van der Waals surface area contributed by atoms with Gasteiger partial charge in [-0.05, 0) is 24.6 Å². The number of fused-ring (bicyclic) bond motifs is 1. The molecule has 2 nitrogen and oxygen atoms in total. The Hall–Kier alpha value is -1.39. The zero-order valence-corrected chi connectivity index (χ0v) is 8.77. The van der Waals surface area contributed by atoms with Gasteiger partial charge >= 0.3 is 6.18 Å². The van der Waals surface area contributed by atoms with Crippen molar-refractivity contribution in [3.05, 3.63) is 23.8 Å². The highest BCUT2D eigenvalue weighted by Gasteiger charge is 2.32. The summed E-state index contributed by atoms with van der Waals surface area (Å²) in [5.41, 5.74) is -0.230. The number of anilines is 1. The van der Waals surface area contributed by atoms with Crippen molar-refractivity contribution in [1.82, 2.24) is 0 Å². The van der Waals surface area contributed by atoms with Crippen LogP contribution in [0.3, 0.4) is 0 Å². The zero-order chi connectivity index (χ0) is 11.8. The predicted octanol–water partition coefficient (Wildman–Crippen LogP) is 3.29. The van der Waals surface area contributed by atoms with Gasteiger partial charge in [-0.15, -0.1) is 0 Å². The first-order chi connectivity index (χ1) is 7.50. The molecule has 0 spiro atoms. The lowest BCUT2D eigenvalue weighted by atomic mass is 10.1. The number of rotatable bonds is 1. The van der Waals surface area contributed by atoms with E-state index < -0.39 is 11.7 Å². The Morgan fingerprint density at radius 3 is 2.81 bits per heavy atom. The standard InChI is InChI=1S/C11H12F3NO/c1-2-8-6-16-10-4-3-7(11(12,13)14)5-9(10)15-8/h3-5,8,15H,2,6H2,1H3. The molecule has 0 saturated carbocycles. The monoisotopic (exact) mass is 231 g/mol. The minimum absolute atomic E-state index is 0.0796. The van der Waals surface area contributed by atoms with Crippen molar-refractivity contribution in [3.63, 3.8) is 0 Å². The van der Waals surface area contributed by atoms with E-state index in [1.54, 1.807) is 0 Å². The number of hydrogen-bond donors (Lipinski definition) is 1. The first-order valence-corrected chi connectivity index (χ1v) is 5.11. The predicted molar refractivity (Wildman–Crippen MR) is 54.6 cm³/mol. The molecule has 1 aliphatic heterocycles. The van der Waals surface area contributed by atoms with Gasteiger partial charge in [-0.1, -0.05) is 6.92 Å². The van der Waals surface area contributed by atoms with Gasteiger partial charge in [0, 0.05) is 0 Å². The lowest BCUT2D eigenvalue weighted by Crippen LogP contribution is -2.30. The molecule has 1 unspecified atom stereocenters. The Kier molecular flexibility index (Phi) is 2.69. The zero-order valence-electron chi connectivity index (χ0n) is 8.77. The summed E-state index contributed by atoms with van der Waals surface area (Å²) in [5, 5.41) is 3.03. The summed E-state index contributed by atoms with van der Waals surface area (Å²) in [6.07, 6.45) is -3.49. The number of hydrogen-bond acceptors (Lipinski definition) is 2. The van der Waals surface area contributed by atoms with Crippen molar-refractivity contribution in [1.29, 1.82) is 0 Å². The molecule has 1 atom stereocenters. The third-order valence-corrected chi connectivity index (χ3v) is 2.60. The summed E-state index contributed by atoms with van der Waals surface area (Å²) >= 11 is 0. The van der Waals surface area contributed by atoms with E-state index in [1.807, 2.05) is 6.92 Å². The molecular weight excluding hydrogens is 219 g/mol. The summed E-state index contributed by atoms with van der Waals surface area (Å²) in [6.45, 7) is 2.45. The number of alkyl halides is 3. The van der Waals surface area contributed by atoms with E-state index in [1.165, 1.54) is 6.07 Å². The van der Waals surface area contributed by atoms with Gasteiger partial charge in [0.15, 0.2) is 0 Å². The molecule has 88 valence electrons. The fourth-order valence-corrected chi connectivity index (χ4v) is 1.62. The highest BCUT2D eigenvalue weighted by atomic mass is 19.4. The van der Waals surface area contributed by atoms with E-state index >= 15 is 0 Å². The van der Waals surface area contributed by atoms with Crippen LogP contribution in [-0.4, -0.2) is 12.6 Å². The second-order valence-corrected chi connectivity index (χ2v) is 3.77. The lowest BCUT2D eigenvalue weighted by molar-refractivity contribution is -0.137. The first-order valence-electron chi connectivity index (χ1n) is 5.11. The Balaban J connectivity index is 2.31. The smallest absolute Gasteiger partial charge is 0.416 e. The Labute approximate surface area is 91.4 Å². The molecule has 0 aromatic heterocycles. The van der Waals surface area contributed by atoms with Crippen molar-refractivity contribution >= 4 is 5.69 Å². The number of benzene rings is 1. The molecule has 0 radical (unpaired) electrons. The quantitative estimate of drug-likeness (QED) is 0.800. The van der Waals surface area contributed by atoms with Gasteiger partial charge in [0.05, 0.1) is 17.3 Å². The van der Waals surface area contributed by atoms with Crippen molar-refractivity contribution in [2.75, 3.05) is 11.9 Å². The molecule has 0 saturated heterocycles. The minimum Gasteiger partial charge on any atom is -0.489 e. The molecule has 0 amide bonds. The fraction of sp³-hybridized carbons (Fsp3) is 0.455. The molecule has 16 heavy (non-hydrogen) atoms. The fourth-order valence-electron chi connectivity index (χ4n) is 1.62. The second kappa shape index (κ2) is 3.88. The third-order valence-electron chi connectivity index (χ3n) is 2.60. The molecule has 1 heterocycles. The Morgan fingerprint density at radius 2 is 2.19 bits per heavy atom. The van der Waals surface area contributed by atoms with Gasteiger partial charge in [0.1, 0.15) is 12.4 Å². The second-order valence-electron chi connectivity index (χ2n) is 3.77. The molecular formula is C11H12F3NO. The van der Waals surface area contributed by atoms with E-state index in [4.69, 9.17) is 4.74 Å². The van der Waals surface area contributed by atoms with E-state index in [2.05, 4.69) is 5.32 Å². The van der Waals surface area contributed by atoms with Crippen LogP contribution in [0.1, 0.15) is 18.9 Å². The van der Waals surface area contributed by atoms with Gasteiger partial charge < -0.3 is 10.1 Å². The van der Waals surface area contributed by atoms with Gasteiger partial charge in [-0.25, -0.2) is 0 Å². The molecule has 1 aromatic carbocycles. The number of nitrogens with one attached hydrogen (secondary N) is 1. The molecule has 1 aromatic rings. The van der Waals surface area contributed by atoms with Gasteiger partial charge in [0.2, 0.25) is 0 Å². The maximum atomic E-state index is 12.5. The van der Waals surface area contributed by atoms with Crippen LogP contribution in [0.15, 0.2) is 18.2 Å². The number of ether oxygens (including phenoxy) is 1. The average Bonchev–Trinajstić information content (AvgIpc) is 2.26. The molecule has 5 heteroatoms. The average molecular weight is 231 g/mol. The summed E-state index contributed by atoms with van der Waals surface area (Å²) in [7, 11) is 0. The van der Waals surface area contributed by atoms with Crippen molar-refractivity contribution in [3.8, 4) is 5.75 Å². The molecule has 0 aliphatic carbocycles. The number of halogens is 3. The maximum absolute atomic E-state index is 12.5. The van der Waals surface area contributed by atoms with Crippen LogP contribution in [0.2, 0.25) is 0 Å². The normalized spacial score (nSPS) is 19.6. The Bertz CT molecular complexity index is 389.